The van der Waals surface area contributed by atoms with Gasteiger partial charge in [-0.3, -0.25) is 9.69 Å². The Balaban J connectivity index is 1.42. The number of halogens is 1. The van der Waals surface area contributed by atoms with Crippen LogP contribution < -0.4 is 10.2 Å². The first-order valence-corrected chi connectivity index (χ1v) is 9.59. The van der Waals surface area contributed by atoms with E-state index >= 15 is 0 Å². The number of hydrogen-bond donors (Lipinski definition) is 1. The largest absolute Gasteiger partial charge is 0.367 e. The van der Waals surface area contributed by atoms with E-state index in [0.717, 1.165) is 19.6 Å². The van der Waals surface area contributed by atoms with Crippen molar-refractivity contribution in [2.45, 2.75) is 32.1 Å². The minimum absolute atomic E-state index is 0.0913. The molecule has 1 aromatic rings. The van der Waals surface area contributed by atoms with Gasteiger partial charge in [-0.05, 0) is 37.0 Å². The number of nitrogens with zero attached hydrogens (tertiary/aromatic N) is 3. The number of benzene rings is 1. The number of carbonyl (C=O) groups is 1. The third kappa shape index (κ3) is 4.95. The van der Waals surface area contributed by atoms with Gasteiger partial charge in [0.05, 0.1) is 23.9 Å². The average Bonchev–Trinajstić information content (AvgIpc) is 2.68. The molecule has 1 aliphatic carbocycles. The molecule has 2 aliphatic rings. The van der Waals surface area contributed by atoms with Crippen molar-refractivity contribution in [3.8, 4) is 6.07 Å². The molecule has 3 rings (SSSR count). The van der Waals surface area contributed by atoms with E-state index in [-0.39, 0.29) is 11.7 Å². The van der Waals surface area contributed by atoms with Crippen LogP contribution in [0.1, 0.15) is 37.7 Å². The molecule has 1 heterocycles. The normalized spacial score (nSPS) is 19.2. The van der Waals surface area contributed by atoms with Crippen LogP contribution in [0, 0.1) is 23.1 Å². The van der Waals surface area contributed by atoms with Crippen LogP contribution in [0.2, 0.25) is 0 Å². The third-order valence-corrected chi connectivity index (χ3v) is 5.47. The van der Waals surface area contributed by atoms with Crippen molar-refractivity contribution in [1.82, 2.24) is 10.2 Å². The molecule has 0 bridgehead atoms. The molecule has 26 heavy (non-hydrogen) atoms. The van der Waals surface area contributed by atoms with Crippen LogP contribution in [0.25, 0.3) is 0 Å². The van der Waals surface area contributed by atoms with E-state index in [0.29, 0.717) is 36.8 Å². The fourth-order valence-electron chi connectivity index (χ4n) is 3.89. The fraction of sp³-hybridized carbons (Fsp3) is 0.600. The van der Waals surface area contributed by atoms with Crippen LogP contribution in [-0.2, 0) is 4.79 Å². The second-order valence-corrected chi connectivity index (χ2v) is 7.35. The number of nitriles is 1. The summed E-state index contributed by atoms with van der Waals surface area (Å²) < 4.78 is 14.1. The highest BCUT2D eigenvalue weighted by molar-refractivity contribution is 5.78. The Morgan fingerprint density at radius 3 is 2.58 bits per heavy atom. The zero-order valence-electron chi connectivity index (χ0n) is 15.2. The molecule has 1 N–H and O–H groups in total. The number of amides is 1. The zero-order valence-corrected chi connectivity index (χ0v) is 15.2. The van der Waals surface area contributed by atoms with E-state index in [4.69, 9.17) is 5.26 Å². The van der Waals surface area contributed by atoms with E-state index in [1.807, 2.05) is 11.0 Å². The molecule has 2 fully saturated rings. The lowest BCUT2D eigenvalue weighted by Crippen LogP contribution is -2.50. The molecule has 1 aromatic carbocycles. The second-order valence-electron chi connectivity index (χ2n) is 7.35. The summed E-state index contributed by atoms with van der Waals surface area (Å²) in [6.45, 7) is 4.04. The number of nitrogens with one attached hydrogen (secondary N) is 1. The van der Waals surface area contributed by atoms with Crippen molar-refractivity contribution >= 4 is 11.6 Å². The molecule has 0 radical (unpaired) electrons. The molecule has 140 valence electrons. The van der Waals surface area contributed by atoms with E-state index in [9.17, 15) is 9.18 Å². The predicted molar refractivity (Wildman–Crippen MR) is 99.4 cm³/mol. The SMILES string of the molecule is N#Cc1ccc(N2CCN(CC(=O)NCC3CCCCC3)CC2)c(F)c1. The predicted octanol–water partition coefficient (Wildman–Crippen LogP) is 2.52. The Morgan fingerprint density at radius 1 is 1.19 bits per heavy atom. The Kier molecular flexibility index (Phi) is 6.45. The van der Waals surface area contributed by atoms with Crippen molar-refractivity contribution < 1.29 is 9.18 Å². The molecule has 0 spiro atoms. The minimum Gasteiger partial charge on any atom is -0.367 e. The lowest BCUT2D eigenvalue weighted by molar-refractivity contribution is -0.122. The number of carbonyl (C=O) groups excluding carboxylic acids is 1. The standard InChI is InChI=1S/C20H27FN4O/c21-18-12-17(13-22)6-7-19(18)25-10-8-24(9-11-25)15-20(26)23-14-16-4-2-1-3-5-16/h6-7,12,16H,1-5,8-11,14-15H2,(H,23,26). The number of rotatable bonds is 5. The van der Waals surface area contributed by atoms with E-state index in [2.05, 4.69) is 10.2 Å². The molecule has 5 nitrogen and oxygen atoms in total. The topological polar surface area (TPSA) is 59.4 Å². The van der Waals surface area contributed by atoms with Gasteiger partial charge in [0.2, 0.25) is 5.91 Å². The van der Waals surface area contributed by atoms with Crippen LogP contribution in [0.4, 0.5) is 10.1 Å². The number of anilines is 1. The second kappa shape index (κ2) is 9.00. The van der Waals surface area contributed by atoms with Crippen LogP contribution in [-0.4, -0.2) is 50.1 Å². The molecular formula is C20H27FN4O. The molecule has 0 atom stereocenters. The highest BCUT2D eigenvalue weighted by Gasteiger charge is 2.22. The molecule has 0 aromatic heterocycles. The van der Waals surface area contributed by atoms with Crippen molar-refractivity contribution in [1.29, 1.82) is 5.26 Å². The van der Waals surface area contributed by atoms with Gasteiger partial charge in [0.15, 0.2) is 0 Å². The van der Waals surface area contributed by atoms with Gasteiger partial charge in [-0.25, -0.2) is 4.39 Å². The van der Waals surface area contributed by atoms with Crippen molar-refractivity contribution in [2.75, 3.05) is 44.2 Å². The summed E-state index contributed by atoms with van der Waals surface area (Å²) in [5, 5.41) is 11.9. The summed E-state index contributed by atoms with van der Waals surface area (Å²) in [4.78, 5) is 16.3. The van der Waals surface area contributed by atoms with Gasteiger partial charge in [0, 0.05) is 32.7 Å². The zero-order chi connectivity index (χ0) is 18.4. The summed E-state index contributed by atoms with van der Waals surface area (Å²) in [6, 6.07) is 6.54. The van der Waals surface area contributed by atoms with E-state index < -0.39 is 0 Å². The van der Waals surface area contributed by atoms with Gasteiger partial charge < -0.3 is 10.2 Å². The van der Waals surface area contributed by atoms with E-state index in [1.165, 1.54) is 38.2 Å². The molecular weight excluding hydrogens is 331 g/mol. The first-order valence-electron chi connectivity index (χ1n) is 9.59. The summed E-state index contributed by atoms with van der Waals surface area (Å²) in [5.74, 6) is 0.375. The Bertz CT molecular complexity index is 658. The molecule has 1 aliphatic heterocycles. The Labute approximate surface area is 154 Å². The molecule has 6 heteroatoms. The van der Waals surface area contributed by atoms with E-state index in [1.54, 1.807) is 12.1 Å². The van der Waals surface area contributed by atoms with Gasteiger partial charge in [-0.1, -0.05) is 19.3 Å². The van der Waals surface area contributed by atoms with Gasteiger partial charge in [0.1, 0.15) is 5.82 Å². The number of hydrogen-bond acceptors (Lipinski definition) is 4. The molecule has 1 saturated carbocycles. The highest BCUT2D eigenvalue weighted by Crippen LogP contribution is 2.23. The van der Waals surface area contributed by atoms with Crippen molar-refractivity contribution in [3.63, 3.8) is 0 Å². The maximum atomic E-state index is 14.1. The lowest BCUT2D eigenvalue weighted by atomic mass is 9.89. The molecule has 0 unspecified atom stereocenters. The number of piperazine rings is 1. The monoisotopic (exact) mass is 358 g/mol. The summed E-state index contributed by atoms with van der Waals surface area (Å²) in [5.41, 5.74) is 0.866. The third-order valence-electron chi connectivity index (χ3n) is 5.47. The van der Waals surface area contributed by atoms with Crippen LogP contribution in [0.3, 0.4) is 0 Å². The summed E-state index contributed by atoms with van der Waals surface area (Å²) >= 11 is 0. The molecule has 1 saturated heterocycles. The van der Waals surface area contributed by atoms with Crippen molar-refractivity contribution in [3.05, 3.63) is 29.6 Å². The first kappa shape index (κ1) is 18.7. The van der Waals surface area contributed by atoms with Gasteiger partial charge in [-0.2, -0.15) is 5.26 Å². The maximum Gasteiger partial charge on any atom is 0.234 e. The van der Waals surface area contributed by atoms with Crippen LogP contribution >= 0.6 is 0 Å². The Hall–Kier alpha value is -2.13. The molecule has 1 amide bonds. The summed E-state index contributed by atoms with van der Waals surface area (Å²) in [6.07, 6.45) is 6.36. The van der Waals surface area contributed by atoms with Gasteiger partial charge in [-0.15, -0.1) is 0 Å². The van der Waals surface area contributed by atoms with Gasteiger partial charge in [0.25, 0.3) is 0 Å². The Morgan fingerprint density at radius 2 is 1.92 bits per heavy atom. The van der Waals surface area contributed by atoms with Crippen LogP contribution in [0.5, 0.6) is 0 Å². The average molecular weight is 358 g/mol. The van der Waals surface area contributed by atoms with Crippen LogP contribution in [0.15, 0.2) is 18.2 Å². The lowest BCUT2D eigenvalue weighted by Gasteiger charge is -2.36. The first-order chi connectivity index (χ1) is 12.7. The highest BCUT2D eigenvalue weighted by atomic mass is 19.1. The smallest absolute Gasteiger partial charge is 0.234 e. The fourth-order valence-corrected chi connectivity index (χ4v) is 3.89. The summed E-state index contributed by atoms with van der Waals surface area (Å²) in [7, 11) is 0. The minimum atomic E-state index is -0.359. The van der Waals surface area contributed by atoms with Gasteiger partial charge >= 0.3 is 0 Å². The quantitative estimate of drug-likeness (QED) is 0.879. The maximum absolute atomic E-state index is 14.1. The van der Waals surface area contributed by atoms with Crippen molar-refractivity contribution in [2.24, 2.45) is 5.92 Å².